The molecule has 0 radical (unpaired) electrons. The summed E-state index contributed by atoms with van der Waals surface area (Å²) in [6, 6.07) is 0.316. The van der Waals surface area contributed by atoms with Crippen molar-refractivity contribution in [2.24, 2.45) is 11.7 Å². The van der Waals surface area contributed by atoms with Crippen LogP contribution in [0.5, 0.6) is 5.75 Å². The van der Waals surface area contributed by atoms with E-state index >= 15 is 0 Å². The highest BCUT2D eigenvalue weighted by atomic mass is 16.5. The van der Waals surface area contributed by atoms with E-state index < -0.39 is 0 Å². The number of pyridine rings is 1. The van der Waals surface area contributed by atoms with Crippen LogP contribution in [0.4, 0.5) is 0 Å². The van der Waals surface area contributed by atoms with Gasteiger partial charge in [-0.1, -0.05) is 0 Å². The first-order valence-corrected chi connectivity index (χ1v) is 7.50. The number of nitrogens with zero attached hydrogens (tertiary/aromatic N) is 2. The maximum absolute atomic E-state index is 6.00. The standard InChI is InChI=1S/C16H27N3O/c1-11-9-18-15(12(2)16(11)20-4)10-19-7-5-14(6-8-19)13(3)17/h9,13-14H,5-8,10,17H2,1-4H3. The Morgan fingerprint density at radius 3 is 2.60 bits per heavy atom. The SMILES string of the molecule is COc1c(C)cnc(CN2CCC(C(C)N)CC2)c1C. The number of likely N-dealkylation sites (tertiary alicyclic amines) is 1. The van der Waals surface area contributed by atoms with Crippen LogP contribution in [0.25, 0.3) is 0 Å². The lowest BCUT2D eigenvalue weighted by Gasteiger charge is -2.33. The van der Waals surface area contributed by atoms with Crippen molar-refractivity contribution >= 4 is 0 Å². The van der Waals surface area contributed by atoms with E-state index in [0.29, 0.717) is 12.0 Å². The molecule has 4 heteroatoms. The molecule has 1 aromatic heterocycles. The molecule has 1 fully saturated rings. The summed E-state index contributed by atoms with van der Waals surface area (Å²) in [6.07, 6.45) is 4.30. The molecular formula is C16H27N3O. The van der Waals surface area contributed by atoms with Gasteiger partial charge in [0, 0.05) is 29.9 Å². The summed E-state index contributed by atoms with van der Waals surface area (Å²) in [5.74, 6) is 1.65. The fourth-order valence-corrected chi connectivity index (χ4v) is 3.08. The third kappa shape index (κ3) is 3.30. The van der Waals surface area contributed by atoms with Crippen molar-refractivity contribution < 1.29 is 4.74 Å². The average Bonchev–Trinajstić information content (AvgIpc) is 2.43. The fourth-order valence-electron chi connectivity index (χ4n) is 3.08. The molecule has 1 atom stereocenters. The Bertz CT molecular complexity index is 451. The van der Waals surface area contributed by atoms with E-state index in [2.05, 4.69) is 23.7 Å². The van der Waals surface area contributed by atoms with Crippen LogP contribution in [0.3, 0.4) is 0 Å². The highest BCUT2D eigenvalue weighted by molar-refractivity contribution is 5.41. The highest BCUT2D eigenvalue weighted by Crippen LogP contribution is 2.26. The van der Waals surface area contributed by atoms with E-state index in [-0.39, 0.29) is 0 Å². The van der Waals surface area contributed by atoms with Crippen LogP contribution >= 0.6 is 0 Å². The Kier molecular flexibility index (Phi) is 5.00. The zero-order chi connectivity index (χ0) is 14.7. The van der Waals surface area contributed by atoms with Gasteiger partial charge in [0.2, 0.25) is 0 Å². The first-order chi connectivity index (χ1) is 9.52. The molecule has 0 amide bonds. The third-order valence-corrected chi connectivity index (χ3v) is 4.50. The van der Waals surface area contributed by atoms with Crippen LogP contribution in [0, 0.1) is 19.8 Å². The van der Waals surface area contributed by atoms with Crippen molar-refractivity contribution in [2.75, 3.05) is 20.2 Å². The van der Waals surface area contributed by atoms with Crippen molar-refractivity contribution in [3.8, 4) is 5.75 Å². The molecule has 0 spiro atoms. The van der Waals surface area contributed by atoms with E-state index in [1.807, 2.05) is 13.1 Å². The average molecular weight is 277 g/mol. The first kappa shape index (κ1) is 15.3. The smallest absolute Gasteiger partial charge is 0.128 e. The maximum Gasteiger partial charge on any atom is 0.128 e. The zero-order valence-corrected chi connectivity index (χ0v) is 13.1. The molecule has 1 saturated heterocycles. The molecule has 4 nitrogen and oxygen atoms in total. The predicted molar refractivity (Wildman–Crippen MR) is 81.9 cm³/mol. The van der Waals surface area contributed by atoms with Gasteiger partial charge in [-0.15, -0.1) is 0 Å². The summed E-state index contributed by atoms with van der Waals surface area (Å²) < 4.78 is 5.48. The molecule has 1 aromatic rings. The summed E-state index contributed by atoms with van der Waals surface area (Å²) in [4.78, 5) is 7.06. The molecular weight excluding hydrogens is 250 g/mol. The minimum absolute atomic E-state index is 0.316. The van der Waals surface area contributed by atoms with E-state index in [1.54, 1.807) is 7.11 Å². The number of nitrogens with two attached hydrogens (primary N) is 1. The van der Waals surface area contributed by atoms with Crippen LogP contribution in [0.2, 0.25) is 0 Å². The molecule has 1 aliphatic heterocycles. The molecule has 0 aliphatic carbocycles. The summed E-state index contributed by atoms with van der Waals surface area (Å²) in [5, 5.41) is 0. The second-order valence-electron chi connectivity index (χ2n) is 6.02. The number of methoxy groups -OCH3 is 1. The van der Waals surface area contributed by atoms with Crippen molar-refractivity contribution in [1.82, 2.24) is 9.88 Å². The fraction of sp³-hybridized carbons (Fsp3) is 0.688. The Labute approximate surface area is 122 Å². The molecule has 0 bridgehead atoms. The normalized spacial score (nSPS) is 19.1. The van der Waals surface area contributed by atoms with Gasteiger partial charge >= 0.3 is 0 Å². The van der Waals surface area contributed by atoms with Gasteiger partial charge in [0.05, 0.1) is 12.8 Å². The Hall–Kier alpha value is -1.13. The van der Waals surface area contributed by atoms with E-state index in [1.165, 1.54) is 18.4 Å². The van der Waals surface area contributed by atoms with Crippen molar-refractivity contribution in [3.05, 3.63) is 23.0 Å². The summed E-state index contributed by atoms with van der Waals surface area (Å²) in [5.41, 5.74) is 9.40. The van der Waals surface area contributed by atoms with Crippen molar-refractivity contribution in [2.45, 2.75) is 46.2 Å². The molecule has 0 aromatic carbocycles. The van der Waals surface area contributed by atoms with Crippen LogP contribution < -0.4 is 10.5 Å². The second kappa shape index (κ2) is 6.55. The quantitative estimate of drug-likeness (QED) is 0.917. The summed E-state index contributed by atoms with van der Waals surface area (Å²) in [6.45, 7) is 9.40. The number of piperidine rings is 1. The molecule has 2 heterocycles. The number of aryl methyl sites for hydroxylation is 1. The second-order valence-corrected chi connectivity index (χ2v) is 6.02. The van der Waals surface area contributed by atoms with Crippen molar-refractivity contribution in [1.29, 1.82) is 0 Å². The predicted octanol–water partition coefficient (Wildman–Crippen LogP) is 2.27. The number of rotatable bonds is 4. The largest absolute Gasteiger partial charge is 0.496 e. The number of ether oxygens (including phenoxy) is 1. The van der Waals surface area contributed by atoms with Gasteiger partial charge in [-0.3, -0.25) is 9.88 Å². The molecule has 2 rings (SSSR count). The lowest BCUT2D eigenvalue weighted by molar-refractivity contribution is 0.164. The Morgan fingerprint density at radius 1 is 1.40 bits per heavy atom. The van der Waals surface area contributed by atoms with Gasteiger partial charge in [-0.25, -0.2) is 0 Å². The van der Waals surface area contributed by atoms with E-state index in [4.69, 9.17) is 10.5 Å². The Balaban J connectivity index is 2.01. The van der Waals surface area contributed by atoms with Gasteiger partial charge in [0.25, 0.3) is 0 Å². The van der Waals surface area contributed by atoms with Crippen LogP contribution in [0.15, 0.2) is 6.20 Å². The molecule has 1 aliphatic rings. The molecule has 112 valence electrons. The van der Waals surface area contributed by atoms with Crippen LogP contribution in [-0.4, -0.2) is 36.1 Å². The lowest BCUT2D eigenvalue weighted by Crippen LogP contribution is -2.39. The van der Waals surface area contributed by atoms with Gasteiger partial charge in [0.15, 0.2) is 0 Å². The van der Waals surface area contributed by atoms with E-state index in [0.717, 1.165) is 36.6 Å². The summed E-state index contributed by atoms with van der Waals surface area (Å²) >= 11 is 0. The topological polar surface area (TPSA) is 51.4 Å². The van der Waals surface area contributed by atoms with Crippen molar-refractivity contribution in [3.63, 3.8) is 0 Å². The van der Waals surface area contributed by atoms with Gasteiger partial charge in [-0.2, -0.15) is 0 Å². The number of hydrogen-bond acceptors (Lipinski definition) is 4. The monoisotopic (exact) mass is 277 g/mol. The highest BCUT2D eigenvalue weighted by Gasteiger charge is 2.22. The molecule has 2 N–H and O–H groups in total. The zero-order valence-electron chi connectivity index (χ0n) is 13.1. The Morgan fingerprint density at radius 2 is 2.05 bits per heavy atom. The number of aromatic nitrogens is 1. The molecule has 0 saturated carbocycles. The molecule has 20 heavy (non-hydrogen) atoms. The minimum atomic E-state index is 0.316. The third-order valence-electron chi connectivity index (χ3n) is 4.50. The summed E-state index contributed by atoms with van der Waals surface area (Å²) in [7, 11) is 1.73. The van der Waals surface area contributed by atoms with Gasteiger partial charge < -0.3 is 10.5 Å². The van der Waals surface area contributed by atoms with Gasteiger partial charge in [0.1, 0.15) is 5.75 Å². The van der Waals surface area contributed by atoms with Gasteiger partial charge in [-0.05, 0) is 52.6 Å². The number of hydrogen-bond donors (Lipinski definition) is 1. The lowest BCUT2D eigenvalue weighted by atomic mass is 9.91. The molecule has 1 unspecified atom stereocenters. The maximum atomic E-state index is 6.00. The van der Waals surface area contributed by atoms with Crippen LogP contribution in [-0.2, 0) is 6.54 Å². The minimum Gasteiger partial charge on any atom is -0.496 e. The van der Waals surface area contributed by atoms with Crippen LogP contribution in [0.1, 0.15) is 36.6 Å². The first-order valence-electron chi connectivity index (χ1n) is 7.50. The van der Waals surface area contributed by atoms with E-state index in [9.17, 15) is 0 Å².